The van der Waals surface area contributed by atoms with Crippen molar-refractivity contribution in [2.45, 2.75) is 6.61 Å². The third-order valence-electron chi connectivity index (χ3n) is 2.25. The number of anilines is 1. The van der Waals surface area contributed by atoms with Crippen molar-refractivity contribution in [1.29, 1.82) is 0 Å². The average molecular weight is 411 g/mol. The van der Waals surface area contributed by atoms with Crippen LogP contribution in [0.2, 0.25) is 10.0 Å². The van der Waals surface area contributed by atoms with Gasteiger partial charge in [0.1, 0.15) is 11.5 Å². The number of hydrogen-bond acceptors (Lipinski definition) is 5. The number of hydrogen-bond donors (Lipinski definition) is 1. The number of pyridine rings is 1. The van der Waals surface area contributed by atoms with Crippen molar-refractivity contribution >= 4 is 51.6 Å². The van der Waals surface area contributed by atoms with Crippen LogP contribution in [-0.2, 0) is 11.3 Å². The number of nitrogen functional groups attached to an aromatic ring is 1. The number of methoxy groups -OCH3 is 1. The summed E-state index contributed by atoms with van der Waals surface area (Å²) in [5.41, 5.74) is 6.99. The van der Waals surface area contributed by atoms with Crippen LogP contribution in [0.1, 0.15) is 5.69 Å². The number of nitrogens with two attached hydrogens (primary N) is 1. The van der Waals surface area contributed by atoms with Crippen LogP contribution >= 0.6 is 45.8 Å². The fourth-order valence-electron chi connectivity index (χ4n) is 1.43. The van der Waals surface area contributed by atoms with Crippen molar-refractivity contribution in [3.63, 3.8) is 0 Å². The highest BCUT2D eigenvalue weighted by atomic mass is 127. The lowest BCUT2D eigenvalue weighted by atomic mass is 10.3. The van der Waals surface area contributed by atoms with Gasteiger partial charge in [-0.1, -0.05) is 23.2 Å². The molecule has 19 heavy (non-hydrogen) atoms. The van der Waals surface area contributed by atoms with Crippen molar-refractivity contribution in [3.8, 4) is 11.5 Å². The maximum atomic E-state index is 6.08. The smallest absolute Gasteiger partial charge is 0.182 e. The summed E-state index contributed by atoms with van der Waals surface area (Å²) >= 11 is 14.0. The topological polar surface area (TPSA) is 73.9 Å². The van der Waals surface area contributed by atoms with E-state index >= 15 is 0 Å². The summed E-state index contributed by atoms with van der Waals surface area (Å²) in [5, 5.41) is 0.820. The molecule has 0 aliphatic rings. The molecule has 0 unspecified atom stereocenters. The van der Waals surface area contributed by atoms with Crippen LogP contribution in [0.5, 0.6) is 0 Å². The van der Waals surface area contributed by atoms with E-state index in [1.165, 1.54) is 6.20 Å². The van der Waals surface area contributed by atoms with E-state index in [0.717, 1.165) is 3.57 Å². The molecule has 0 radical (unpaired) electrons. The maximum Gasteiger partial charge on any atom is 0.182 e. The van der Waals surface area contributed by atoms with E-state index in [4.69, 9.17) is 33.7 Å². The van der Waals surface area contributed by atoms with Crippen LogP contribution in [0, 0.1) is 3.57 Å². The summed E-state index contributed by atoms with van der Waals surface area (Å²) in [6.45, 7) is 0.337. The fourth-order valence-corrected chi connectivity index (χ4v) is 2.29. The summed E-state index contributed by atoms with van der Waals surface area (Å²) in [6.07, 6.45) is 1.48. The third-order valence-corrected chi connectivity index (χ3v) is 3.92. The molecule has 0 aliphatic heterocycles. The summed E-state index contributed by atoms with van der Waals surface area (Å²) < 4.78 is 5.84. The Balaban J connectivity index is 2.56. The lowest BCUT2D eigenvalue weighted by molar-refractivity contribution is 0.181. The van der Waals surface area contributed by atoms with Crippen LogP contribution in [0.15, 0.2) is 12.3 Å². The molecule has 2 heterocycles. The van der Waals surface area contributed by atoms with E-state index in [0.29, 0.717) is 39.7 Å². The fraction of sp³-hybridized carbons (Fsp3) is 0.182. The lowest BCUT2D eigenvalue weighted by Gasteiger charge is -2.09. The minimum atomic E-state index is 0.337. The van der Waals surface area contributed by atoms with Crippen molar-refractivity contribution in [2.75, 3.05) is 12.8 Å². The van der Waals surface area contributed by atoms with E-state index in [2.05, 4.69) is 37.5 Å². The second-order valence-corrected chi connectivity index (χ2v) is 5.53. The first-order valence-corrected chi connectivity index (χ1v) is 6.98. The molecule has 0 amide bonds. The Labute approximate surface area is 133 Å². The Morgan fingerprint density at radius 2 is 2.11 bits per heavy atom. The first-order valence-electron chi connectivity index (χ1n) is 5.15. The molecule has 100 valence electrons. The van der Waals surface area contributed by atoms with Crippen molar-refractivity contribution < 1.29 is 4.74 Å². The van der Waals surface area contributed by atoms with E-state index in [9.17, 15) is 0 Å². The van der Waals surface area contributed by atoms with Crippen LogP contribution < -0.4 is 5.73 Å². The van der Waals surface area contributed by atoms with Crippen LogP contribution in [0.3, 0.4) is 0 Å². The summed E-state index contributed by atoms with van der Waals surface area (Å²) in [7, 11) is 1.58. The number of nitrogens with zero attached hydrogens (tertiary/aromatic N) is 3. The molecule has 0 fully saturated rings. The Hall–Kier alpha value is -0.700. The molecule has 0 saturated heterocycles. The van der Waals surface area contributed by atoms with E-state index in [1.54, 1.807) is 13.2 Å². The van der Waals surface area contributed by atoms with Crippen molar-refractivity contribution in [2.24, 2.45) is 0 Å². The van der Waals surface area contributed by atoms with Crippen LogP contribution in [-0.4, -0.2) is 22.1 Å². The highest BCUT2D eigenvalue weighted by Gasteiger charge is 2.14. The summed E-state index contributed by atoms with van der Waals surface area (Å²) in [4.78, 5) is 12.7. The zero-order valence-corrected chi connectivity index (χ0v) is 13.5. The minimum Gasteiger partial charge on any atom is -0.383 e. The lowest BCUT2D eigenvalue weighted by Crippen LogP contribution is -2.06. The van der Waals surface area contributed by atoms with Gasteiger partial charge < -0.3 is 10.5 Å². The molecule has 2 rings (SSSR count). The normalized spacial score (nSPS) is 10.7. The Morgan fingerprint density at radius 3 is 2.74 bits per heavy atom. The first-order chi connectivity index (χ1) is 9.02. The third kappa shape index (κ3) is 3.25. The minimum absolute atomic E-state index is 0.337. The maximum absolute atomic E-state index is 6.08. The zero-order valence-electron chi connectivity index (χ0n) is 9.82. The molecule has 5 nitrogen and oxygen atoms in total. The van der Waals surface area contributed by atoms with Gasteiger partial charge in [0.05, 0.1) is 25.9 Å². The largest absolute Gasteiger partial charge is 0.383 e. The monoisotopic (exact) mass is 410 g/mol. The van der Waals surface area contributed by atoms with Gasteiger partial charge in [0, 0.05) is 13.3 Å². The molecular formula is C11H9Cl2IN4O. The average Bonchev–Trinajstić information content (AvgIpc) is 2.35. The molecule has 0 bridgehead atoms. The SMILES string of the molecule is COCc1nc(-c2ncc(Cl)cc2Cl)nc(N)c1I. The van der Waals surface area contributed by atoms with Gasteiger partial charge in [-0.25, -0.2) is 15.0 Å². The molecule has 2 aromatic rings. The quantitative estimate of drug-likeness (QED) is 0.786. The number of halogens is 3. The molecule has 0 spiro atoms. The molecule has 2 N–H and O–H groups in total. The molecule has 8 heteroatoms. The summed E-state index contributed by atoms with van der Waals surface area (Å²) in [6, 6.07) is 1.58. The van der Waals surface area contributed by atoms with Gasteiger partial charge in [0.15, 0.2) is 5.82 Å². The second-order valence-electron chi connectivity index (χ2n) is 3.61. The number of ether oxygens (including phenoxy) is 1. The van der Waals surface area contributed by atoms with Gasteiger partial charge in [-0.05, 0) is 28.7 Å². The second kappa shape index (κ2) is 6.17. The van der Waals surface area contributed by atoms with Crippen LogP contribution in [0.25, 0.3) is 11.5 Å². The first kappa shape index (κ1) is 14.7. The van der Waals surface area contributed by atoms with Crippen molar-refractivity contribution in [3.05, 3.63) is 31.6 Å². The summed E-state index contributed by atoms with van der Waals surface area (Å²) in [5.74, 6) is 0.720. The molecular weight excluding hydrogens is 402 g/mol. The predicted molar refractivity (Wildman–Crippen MR) is 83.1 cm³/mol. The van der Waals surface area contributed by atoms with E-state index in [1.807, 2.05) is 0 Å². The Morgan fingerprint density at radius 1 is 1.37 bits per heavy atom. The Bertz CT molecular complexity index is 624. The molecule has 0 atom stereocenters. The molecule has 2 aromatic heterocycles. The highest BCUT2D eigenvalue weighted by Crippen LogP contribution is 2.28. The van der Waals surface area contributed by atoms with E-state index < -0.39 is 0 Å². The standard InChI is InChI=1S/C11H9Cl2IN4O/c1-19-4-7-8(14)10(15)18-11(17-7)9-6(13)2-5(12)3-16-9/h2-3H,4H2,1H3,(H2,15,17,18). The number of rotatable bonds is 3. The van der Waals surface area contributed by atoms with Gasteiger partial charge in [-0.15, -0.1) is 0 Å². The molecule has 0 aromatic carbocycles. The zero-order chi connectivity index (χ0) is 14.0. The van der Waals surface area contributed by atoms with Gasteiger partial charge in [-0.2, -0.15) is 0 Å². The predicted octanol–water partition coefficient (Wildman–Crippen LogP) is 3.18. The highest BCUT2D eigenvalue weighted by molar-refractivity contribution is 14.1. The van der Waals surface area contributed by atoms with Gasteiger partial charge in [0.2, 0.25) is 0 Å². The van der Waals surface area contributed by atoms with Gasteiger partial charge in [-0.3, -0.25) is 0 Å². The van der Waals surface area contributed by atoms with Gasteiger partial charge in [0.25, 0.3) is 0 Å². The molecule has 0 saturated carbocycles. The van der Waals surface area contributed by atoms with E-state index in [-0.39, 0.29) is 0 Å². The Kier molecular flexibility index (Phi) is 4.77. The molecule has 0 aliphatic carbocycles. The van der Waals surface area contributed by atoms with Gasteiger partial charge >= 0.3 is 0 Å². The van der Waals surface area contributed by atoms with Crippen molar-refractivity contribution in [1.82, 2.24) is 15.0 Å². The van der Waals surface area contributed by atoms with Crippen LogP contribution in [0.4, 0.5) is 5.82 Å². The number of aromatic nitrogens is 3.